The van der Waals surface area contributed by atoms with Crippen LogP contribution in [0.3, 0.4) is 0 Å². The summed E-state index contributed by atoms with van der Waals surface area (Å²) in [5.74, 6) is -0.474. The van der Waals surface area contributed by atoms with Crippen molar-refractivity contribution in [3.8, 4) is 0 Å². The van der Waals surface area contributed by atoms with E-state index in [2.05, 4.69) is 16.3 Å². The van der Waals surface area contributed by atoms with E-state index in [1.54, 1.807) is 12.1 Å². The molecule has 0 saturated carbocycles. The molecule has 2 aliphatic heterocycles. The Morgan fingerprint density at radius 1 is 0.882 bits per heavy atom. The molecule has 34 heavy (non-hydrogen) atoms. The van der Waals surface area contributed by atoms with Gasteiger partial charge in [-0.2, -0.15) is 4.31 Å². The normalized spacial score (nSPS) is 18.3. The molecule has 2 saturated heterocycles. The van der Waals surface area contributed by atoms with E-state index in [1.807, 2.05) is 18.2 Å². The maximum Gasteiger partial charge on any atom is 0.243 e. The Bertz CT molecular complexity index is 1130. The van der Waals surface area contributed by atoms with Crippen molar-refractivity contribution in [2.75, 3.05) is 36.4 Å². The number of hydrogen-bond acceptors (Lipinski definition) is 5. The Balaban J connectivity index is 1.40. The van der Waals surface area contributed by atoms with E-state index in [4.69, 9.17) is 0 Å². The third kappa shape index (κ3) is 5.50. The number of nitrogens with one attached hydrogen (secondary N) is 1. The third-order valence-electron chi connectivity index (χ3n) is 6.81. The fraction of sp³-hybridized carbons (Fsp3) is 0.462. The zero-order valence-electron chi connectivity index (χ0n) is 19.7. The minimum absolute atomic E-state index is 0.0575. The largest absolute Gasteiger partial charge is 0.370 e. The average molecular weight is 484 g/mol. The second-order valence-electron chi connectivity index (χ2n) is 9.17. The van der Waals surface area contributed by atoms with Crippen LogP contribution >= 0.6 is 0 Å². The van der Waals surface area contributed by atoms with E-state index in [0.717, 1.165) is 37.3 Å². The second-order valence-corrected chi connectivity index (χ2v) is 11.1. The van der Waals surface area contributed by atoms with Gasteiger partial charge >= 0.3 is 0 Å². The zero-order valence-corrected chi connectivity index (χ0v) is 20.5. The Morgan fingerprint density at radius 3 is 2.24 bits per heavy atom. The first-order chi connectivity index (χ1) is 16.4. The highest BCUT2D eigenvalue weighted by Crippen LogP contribution is 2.30. The molecule has 0 aromatic heterocycles. The van der Waals surface area contributed by atoms with E-state index in [-0.39, 0.29) is 35.6 Å². The lowest BCUT2D eigenvalue weighted by atomic mass is 9.97. The molecule has 0 bridgehead atoms. The summed E-state index contributed by atoms with van der Waals surface area (Å²) in [6, 6.07) is 14.1. The van der Waals surface area contributed by atoms with Crippen LogP contribution in [0.5, 0.6) is 0 Å². The number of sulfonamides is 1. The van der Waals surface area contributed by atoms with Crippen LogP contribution in [0.15, 0.2) is 53.4 Å². The van der Waals surface area contributed by atoms with Crippen molar-refractivity contribution in [2.45, 2.75) is 50.3 Å². The molecule has 1 amide bonds. The Kier molecular flexibility index (Phi) is 7.68. The predicted octanol–water partition coefficient (Wildman–Crippen LogP) is 4.31. The number of ketones is 1. The molecule has 2 heterocycles. The molecule has 182 valence electrons. The quantitative estimate of drug-likeness (QED) is 0.619. The number of amides is 1. The third-order valence-corrected chi connectivity index (χ3v) is 8.71. The SMILES string of the molecule is CC(=O)c1cccc(S(=O)(=O)N2CCC(C(=O)Nc3ccccc3N3CCCCCC3)CC2)c1. The first-order valence-electron chi connectivity index (χ1n) is 12.1. The fourth-order valence-corrected chi connectivity index (χ4v) is 6.30. The van der Waals surface area contributed by atoms with E-state index in [0.29, 0.717) is 18.4 Å². The van der Waals surface area contributed by atoms with Crippen LogP contribution in [0.2, 0.25) is 0 Å². The summed E-state index contributed by atoms with van der Waals surface area (Å²) in [6.07, 6.45) is 5.72. The number of carbonyl (C=O) groups excluding carboxylic acids is 2. The number of rotatable bonds is 6. The Labute approximate surface area is 202 Å². The topological polar surface area (TPSA) is 86.8 Å². The molecule has 2 fully saturated rings. The van der Waals surface area contributed by atoms with Crippen LogP contribution in [-0.4, -0.2) is 50.6 Å². The average Bonchev–Trinajstić information content (AvgIpc) is 3.14. The summed E-state index contributed by atoms with van der Waals surface area (Å²) < 4.78 is 27.6. The second kappa shape index (κ2) is 10.7. The number of Topliss-reactive ketones (excluding diaryl/α,β-unsaturated/α-hetero) is 1. The van der Waals surface area contributed by atoms with Gasteiger partial charge in [0.15, 0.2) is 5.78 Å². The van der Waals surface area contributed by atoms with Gasteiger partial charge in [0, 0.05) is 37.7 Å². The van der Waals surface area contributed by atoms with Gasteiger partial charge in [0.2, 0.25) is 15.9 Å². The molecular weight excluding hydrogens is 450 g/mol. The molecule has 1 N–H and O–H groups in total. The van der Waals surface area contributed by atoms with Gasteiger partial charge in [-0.1, -0.05) is 37.1 Å². The highest BCUT2D eigenvalue weighted by atomic mass is 32.2. The Morgan fingerprint density at radius 2 is 1.56 bits per heavy atom. The fourth-order valence-electron chi connectivity index (χ4n) is 4.78. The maximum absolute atomic E-state index is 13.1. The maximum atomic E-state index is 13.1. The molecule has 0 radical (unpaired) electrons. The number of carbonyl (C=O) groups is 2. The lowest BCUT2D eigenvalue weighted by Gasteiger charge is -2.31. The highest BCUT2D eigenvalue weighted by molar-refractivity contribution is 7.89. The van der Waals surface area contributed by atoms with Crippen molar-refractivity contribution in [2.24, 2.45) is 5.92 Å². The van der Waals surface area contributed by atoms with Gasteiger partial charge in [-0.25, -0.2) is 8.42 Å². The number of hydrogen-bond donors (Lipinski definition) is 1. The summed E-state index contributed by atoms with van der Waals surface area (Å²) in [5.41, 5.74) is 2.26. The number of piperidine rings is 1. The first-order valence-corrected chi connectivity index (χ1v) is 13.6. The van der Waals surface area contributed by atoms with Crippen molar-refractivity contribution < 1.29 is 18.0 Å². The number of para-hydroxylation sites is 2. The molecule has 0 unspecified atom stereocenters. The molecule has 7 nitrogen and oxygen atoms in total. The molecule has 2 aromatic rings. The molecule has 8 heteroatoms. The summed E-state index contributed by atoms with van der Waals surface area (Å²) in [4.78, 5) is 27.2. The van der Waals surface area contributed by atoms with Crippen molar-refractivity contribution in [1.29, 1.82) is 0 Å². The van der Waals surface area contributed by atoms with Crippen molar-refractivity contribution in [1.82, 2.24) is 4.31 Å². The number of nitrogens with zero attached hydrogens (tertiary/aromatic N) is 2. The van der Waals surface area contributed by atoms with Gasteiger partial charge in [-0.05, 0) is 56.9 Å². The van der Waals surface area contributed by atoms with E-state index >= 15 is 0 Å². The predicted molar refractivity (Wildman–Crippen MR) is 134 cm³/mol. The molecule has 0 atom stereocenters. The van der Waals surface area contributed by atoms with Crippen molar-refractivity contribution >= 4 is 33.1 Å². The molecule has 4 rings (SSSR count). The van der Waals surface area contributed by atoms with Crippen LogP contribution in [0.1, 0.15) is 55.8 Å². The highest BCUT2D eigenvalue weighted by Gasteiger charge is 2.32. The monoisotopic (exact) mass is 483 g/mol. The van der Waals surface area contributed by atoms with Gasteiger partial charge < -0.3 is 10.2 Å². The molecule has 2 aromatic carbocycles. The summed E-state index contributed by atoms with van der Waals surface area (Å²) in [5, 5.41) is 3.12. The lowest BCUT2D eigenvalue weighted by Crippen LogP contribution is -2.41. The lowest BCUT2D eigenvalue weighted by molar-refractivity contribution is -0.120. The minimum Gasteiger partial charge on any atom is -0.370 e. The van der Waals surface area contributed by atoms with Gasteiger partial charge in [0.1, 0.15) is 0 Å². The summed E-state index contributed by atoms with van der Waals surface area (Å²) in [6.45, 7) is 3.96. The van der Waals surface area contributed by atoms with E-state index in [9.17, 15) is 18.0 Å². The molecular formula is C26H33N3O4S. The van der Waals surface area contributed by atoms with Crippen LogP contribution in [0.25, 0.3) is 0 Å². The Hall–Kier alpha value is -2.71. The van der Waals surface area contributed by atoms with Crippen LogP contribution < -0.4 is 10.2 Å². The molecule has 2 aliphatic rings. The minimum atomic E-state index is -3.71. The van der Waals surface area contributed by atoms with Gasteiger partial charge in [0.05, 0.1) is 16.3 Å². The van der Waals surface area contributed by atoms with Crippen LogP contribution in [-0.2, 0) is 14.8 Å². The number of anilines is 2. The summed E-state index contributed by atoms with van der Waals surface area (Å²) >= 11 is 0. The number of benzene rings is 2. The van der Waals surface area contributed by atoms with Crippen molar-refractivity contribution in [3.05, 3.63) is 54.1 Å². The van der Waals surface area contributed by atoms with Crippen LogP contribution in [0, 0.1) is 5.92 Å². The molecule has 0 aliphatic carbocycles. The van der Waals surface area contributed by atoms with Crippen LogP contribution in [0.4, 0.5) is 11.4 Å². The van der Waals surface area contributed by atoms with E-state index < -0.39 is 10.0 Å². The zero-order chi connectivity index (χ0) is 24.1. The molecule has 0 spiro atoms. The van der Waals surface area contributed by atoms with Gasteiger partial charge in [-0.15, -0.1) is 0 Å². The smallest absolute Gasteiger partial charge is 0.243 e. The van der Waals surface area contributed by atoms with Crippen molar-refractivity contribution in [3.63, 3.8) is 0 Å². The van der Waals surface area contributed by atoms with Gasteiger partial charge in [0.25, 0.3) is 0 Å². The summed E-state index contributed by atoms with van der Waals surface area (Å²) in [7, 11) is -3.71. The first kappa shape index (κ1) is 24.4. The van der Waals surface area contributed by atoms with Gasteiger partial charge in [-0.3, -0.25) is 9.59 Å². The van der Waals surface area contributed by atoms with E-state index in [1.165, 1.54) is 36.2 Å². The standard InChI is InChI=1S/C26H33N3O4S/c1-20(30)22-9-8-10-23(19-22)34(32,33)29-17-13-21(14-18-29)26(31)27-24-11-4-5-12-25(24)28-15-6-2-3-7-16-28/h4-5,8-12,19,21H,2-3,6-7,13-18H2,1H3,(H,27,31).